The summed E-state index contributed by atoms with van der Waals surface area (Å²) < 4.78 is 11.1. The van der Waals surface area contributed by atoms with Crippen molar-refractivity contribution in [3.8, 4) is 5.75 Å². The largest absolute Gasteiger partial charge is 0.490 e. The van der Waals surface area contributed by atoms with Crippen molar-refractivity contribution in [2.45, 2.75) is 51.0 Å². The summed E-state index contributed by atoms with van der Waals surface area (Å²) in [4.78, 5) is 27.0. The second kappa shape index (κ2) is 9.53. The average molecular weight is 445 g/mol. The highest BCUT2D eigenvalue weighted by atomic mass is 16.5. The van der Waals surface area contributed by atoms with Crippen molar-refractivity contribution in [2.24, 2.45) is 0 Å². The van der Waals surface area contributed by atoms with E-state index in [9.17, 15) is 9.59 Å². The van der Waals surface area contributed by atoms with E-state index in [0.717, 1.165) is 47.5 Å². The van der Waals surface area contributed by atoms with Crippen LogP contribution in [0.4, 0.5) is 11.4 Å². The number of nitrogens with one attached hydrogen (secondary N) is 1. The van der Waals surface area contributed by atoms with Gasteiger partial charge in [-0.25, -0.2) is 0 Å². The van der Waals surface area contributed by atoms with Crippen LogP contribution in [0, 0.1) is 0 Å². The van der Waals surface area contributed by atoms with Gasteiger partial charge in [-0.3, -0.25) is 9.59 Å². The summed E-state index contributed by atoms with van der Waals surface area (Å²) in [6, 6.07) is 15.5. The monoisotopic (exact) mass is 444 g/mol. The van der Waals surface area contributed by atoms with Gasteiger partial charge >= 0.3 is 0 Å². The second-order valence-corrected chi connectivity index (χ2v) is 8.78. The van der Waals surface area contributed by atoms with Crippen molar-refractivity contribution in [2.75, 3.05) is 16.8 Å². The van der Waals surface area contributed by atoms with Gasteiger partial charge < -0.3 is 19.4 Å². The molecular weight excluding hydrogens is 416 g/mol. The number of benzene rings is 2. The van der Waals surface area contributed by atoms with E-state index in [-0.39, 0.29) is 11.8 Å². The van der Waals surface area contributed by atoms with Crippen LogP contribution in [0.3, 0.4) is 0 Å². The normalized spacial score (nSPS) is 15.5. The standard InChI is InChI=1S/C27H28N2O4/c30-26(11-8-19-4-3-7-24(16-19)33-23-5-1-2-6-23)28-22-9-10-25-20(17-22)12-14-29(25)27(31)21-13-15-32-18-21/h3-4,7,9-10,13,15-18,23H,1-2,5-6,8,11-12,14H2,(H,28,30). The van der Waals surface area contributed by atoms with E-state index in [0.29, 0.717) is 31.1 Å². The minimum Gasteiger partial charge on any atom is -0.490 e. The lowest BCUT2D eigenvalue weighted by atomic mass is 10.1. The van der Waals surface area contributed by atoms with Crippen molar-refractivity contribution in [1.29, 1.82) is 0 Å². The summed E-state index contributed by atoms with van der Waals surface area (Å²) >= 11 is 0. The Labute approximate surface area is 193 Å². The predicted octanol–water partition coefficient (Wildman–Crippen LogP) is 5.38. The number of carbonyl (C=O) groups excluding carboxylic acids is 2. The van der Waals surface area contributed by atoms with Gasteiger partial charge in [0.2, 0.25) is 5.91 Å². The molecule has 0 saturated heterocycles. The van der Waals surface area contributed by atoms with Gasteiger partial charge in [0, 0.05) is 24.3 Å². The quantitative estimate of drug-likeness (QED) is 0.531. The first kappa shape index (κ1) is 21.3. The Bertz CT molecular complexity index is 1130. The number of aryl methyl sites for hydroxylation is 1. The van der Waals surface area contributed by atoms with Crippen molar-refractivity contribution >= 4 is 23.2 Å². The van der Waals surface area contributed by atoms with Crippen LogP contribution in [0.25, 0.3) is 0 Å². The molecule has 6 nitrogen and oxygen atoms in total. The zero-order chi connectivity index (χ0) is 22.6. The highest BCUT2D eigenvalue weighted by molar-refractivity contribution is 6.07. The fraction of sp³-hybridized carbons (Fsp3) is 0.333. The molecule has 1 fully saturated rings. The average Bonchev–Trinajstić information content (AvgIpc) is 3.59. The molecule has 6 heteroatoms. The van der Waals surface area contributed by atoms with Crippen LogP contribution < -0.4 is 15.0 Å². The van der Waals surface area contributed by atoms with Gasteiger partial charge in [0.05, 0.1) is 17.9 Å². The SMILES string of the molecule is O=C(CCc1cccc(OC2CCCC2)c1)Nc1ccc2c(c1)CCN2C(=O)c1ccoc1. The summed E-state index contributed by atoms with van der Waals surface area (Å²) in [6.45, 7) is 0.621. The van der Waals surface area contributed by atoms with Crippen molar-refractivity contribution in [3.05, 3.63) is 77.7 Å². The summed E-state index contributed by atoms with van der Waals surface area (Å²) in [5, 5.41) is 3.00. The van der Waals surface area contributed by atoms with Gasteiger partial charge in [-0.1, -0.05) is 12.1 Å². The fourth-order valence-electron chi connectivity index (χ4n) is 4.69. The first-order chi connectivity index (χ1) is 16.2. The Morgan fingerprint density at radius 3 is 2.79 bits per heavy atom. The molecule has 1 aliphatic carbocycles. The Kier molecular flexibility index (Phi) is 6.15. The van der Waals surface area contributed by atoms with E-state index < -0.39 is 0 Å². The first-order valence-electron chi connectivity index (χ1n) is 11.7. The maximum Gasteiger partial charge on any atom is 0.261 e. The number of rotatable bonds is 7. The van der Waals surface area contributed by atoms with Crippen molar-refractivity contribution in [3.63, 3.8) is 0 Å². The highest BCUT2D eigenvalue weighted by Crippen LogP contribution is 2.32. The third kappa shape index (κ3) is 4.95. The van der Waals surface area contributed by atoms with Crippen LogP contribution in [0.5, 0.6) is 5.75 Å². The molecule has 5 rings (SSSR count). The Hall–Kier alpha value is -3.54. The third-order valence-electron chi connectivity index (χ3n) is 6.42. The summed E-state index contributed by atoms with van der Waals surface area (Å²) in [5.41, 5.74) is 4.34. The molecule has 2 heterocycles. The lowest BCUT2D eigenvalue weighted by Gasteiger charge is -2.16. The van der Waals surface area contributed by atoms with Crippen LogP contribution in [0.2, 0.25) is 0 Å². The maximum absolute atomic E-state index is 12.7. The van der Waals surface area contributed by atoms with E-state index >= 15 is 0 Å². The lowest BCUT2D eigenvalue weighted by Crippen LogP contribution is -2.28. The number of hydrogen-bond acceptors (Lipinski definition) is 4. The molecule has 170 valence electrons. The number of nitrogens with zero attached hydrogens (tertiary/aromatic N) is 1. The smallest absolute Gasteiger partial charge is 0.261 e. The van der Waals surface area contributed by atoms with Gasteiger partial charge in [0.25, 0.3) is 5.91 Å². The van der Waals surface area contributed by atoms with E-state index in [1.54, 1.807) is 11.0 Å². The minimum atomic E-state index is -0.0709. The first-order valence-corrected chi connectivity index (χ1v) is 11.7. The van der Waals surface area contributed by atoms with Gasteiger partial charge in [0.1, 0.15) is 12.0 Å². The molecular formula is C27H28N2O4. The van der Waals surface area contributed by atoms with Crippen molar-refractivity contribution in [1.82, 2.24) is 0 Å². The number of anilines is 2. The van der Waals surface area contributed by atoms with Crippen LogP contribution >= 0.6 is 0 Å². The molecule has 1 aromatic heterocycles. The van der Waals surface area contributed by atoms with Gasteiger partial charge in [-0.15, -0.1) is 0 Å². The fourth-order valence-corrected chi connectivity index (χ4v) is 4.69. The molecule has 1 saturated carbocycles. The number of carbonyl (C=O) groups is 2. The summed E-state index contributed by atoms with van der Waals surface area (Å²) in [6.07, 6.45) is 9.85. The number of furan rings is 1. The molecule has 0 atom stereocenters. The zero-order valence-corrected chi connectivity index (χ0v) is 18.6. The van der Waals surface area contributed by atoms with E-state index in [1.165, 1.54) is 25.4 Å². The number of ether oxygens (including phenoxy) is 1. The Morgan fingerprint density at radius 2 is 1.97 bits per heavy atom. The molecule has 0 bridgehead atoms. The van der Waals surface area contributed by atoms with Crippen LogP contribution in [-0.4, -0.2) is 24.5 Å². The van der Waals surface area contributed by atoms with Gasteiger partial charge in [0.15, 0.2) is 0 Å². The molecule has 0 unspecified atom stereocenters. The topological polar surface area (TPSA) is 71.8 Å². The van der Waals surface area contributed by atoms with E-state index in [4.69, 9.17) is 9.15 Å². The minimum absolute atomic E-state index is 0.0265. The van der Waals surface area contributed by atoms with Gasteiger partial charge in [-0.2, -0.15) is 0 Å². The molecule has 1 aliphatic heterocycles. The zero-order valence-electron chi connectivity index (χ0n) is 18.6. The number of amides is 2. The van der Waals surface area contributed by atoms with Crippen LogP contribution in [-0.2, 0) is 17.6 Å². The summed E-state index contributed by atoms with van der Waals surface area (Å²) in [5.74, 6) is 0.799. The Morgan fingerprint density at radius 1 is 1.09 bits per heavy atom. The van der Waals surface area contributed by atoms with E-state index in [2.05, 4.69) is 5.32 Å². The molecule has 0 spiro atoms. The van der Waals surface area contributed by atoms with Crippen molar-refractivity contribution < 1.29 is 18.7 Å². The van der Waals surface area contributed by atoms with E-state index in [1.807, 2.05) is 42.5 Å². The third-order valence-corrected chi connectivity index (χ3v) is 6.42. The molecule has 2 amide bonds. The highest BCUT2D eigenvalue weighted by Gasteiger charge is 2.26. The molecule has 2 aromatic carbocycles. The summed E-state index contributed by atoms with van der Waals surface area (Å²) in [7, 11) is 0. The van der Waals surface area contributed by atoms with Gasteiger partial charge in [-0.05, 0) is 86.1 Å². The Balaban J connectivity index is 1.16. The lowest BCUT2D eigenvalue weighted by molar-refractivity contribution is -0.116. The number of hydrogen-bond donors (Lipinski definition) is 1. The van der Waals surface area contributed by atoms with Crippen LogP contribution in [0.1, 0.15) is 53.6 Å². The molecule has 1 N–H and O–H groups in total. The molecule has 2 aliphatic rings. The second-order valence-electron chi connectivity index (χ2n) is 8.78. The number of fused-ring (bicyclic) bond motifs is 1. The molecule has 0 radical (unpaired) electrons. The molecule has 33 heavy (non-hydrogen) atoms. The van der Waals surface area contributed by atoms with Crippen LogP contribution in [0.15, 0.2) is 65.5 Å². The predicted molar refractivity (Wildman–Crippen MR) is 127 cm³/mol. The molecule has 3 aromatic rings. The maximum atomic E-state index is 12.7.